The zero-order valence-electron chi connectivity index (χ0n) is 8.64. The smallest absolute Gasteiger partial charge is 0.269 e. The molecular weight excluding hydrogens is 192 g/mol. The maximum atomic E-state index is 10.6. The van der Waals surface area contributed by atoms with Crippen LogP contribution in [0.15, 0.2) is 24.3 Å². The second-order valence-electron chi connectivity index (χ2n) is 4.16. The van der Waals surface area contributed by atoms with Crippen LogP contribution >= 0.6 is 0 Å². The fraction of sp³-hybridized carbons (Fsp3) is 0.455. The van der Waals surface area contributed by atoms with Crippen LogP contribution in [-0.2, 0) is 5.54 Å². The van der Waals surface area contributed by atoms with E-state index in [0.717, 1.165) is 18.4 Å². The molecule has 0 amide bonds. The highest BCUT2D eigenvalue weighted by Gasteiger charge is 2.51. The van der Waals surface area contributed by atoms with Crippen molar-refractivity contribution in [2.24, 2.45) is 11.7 Å². The Labute approximate surface area is 88.2 Å². The molecule has 0 aliphatic heterocycles. The van der Waals surface area contributed by atoms with Crippen molar-refractivity contribution in [1.82, 2.24) is 0 Å². The monoisotopic (exact) mass is 206 g/mol. The summed E-state index contributed by atoms with van der Waals surface area (Å²) in [6.45, 7) is 2.09. The third kappa shape index (κ3) is 1.61. The average molecular weight is 206 g/mol. The van der Waals surface area contributed by atoms with Gasteiger partial charge in [-0.2, -0.15) is 0 Å². The number of nitrogens with zero attached hydrogens (tertiary/aromatic N) is 1. The highest BCUT2D eigenvalue weighted by atomic mass is 16.6. The van der Waals surface area contributed by atoms with Crippen LogP contribution in [0, 0.1) is 16.0 Å². The van der Waals surface area contributed by atoms with E-state index in [9.17, 15) is 10.1 Å². The second-order valence-corrected chi connectivity index (χ2v) is 4.16. The Hall–Kier alpha value is -1.42. The van der Waals surface area contributed by atoms with E-state index in [1.54, 1.807) is 12.1 Å². The molecule has 80 valence electrons. The first kappa shape index (κ1) is 10.1. The minimum absolute atomic E-state index is 0.124. The molecule has 15 heavy (non-hydrogen) atoms. The molecule has 1 fully saturated rings. The van der Waals surface area contributed by atoms with E-state index in [1.165, 1.54) is 6.07 Å². The molecule has 0 spiro atoms. The maximum absolute atomic E-state index is 10.6. The normalized spacial score (nSPS) is 28.8. The molecule has 4 nitrogen and oxygen atoms in total. The van der Waals surface area contributed by atoms with Crippen molar-refractivity contribution in [2.75, 3.05) is 0 Å². The summed E-state index contributed by atoms with van der Waals surface area (Å²) in [5.74, 6) is 0.472. The van der Waals surface area contributed by atoms with Gasteiger partial charge in [-0.15, -0.1) is 0 Å². The van der Waals surface area contributed by atoms with Crippen LogP contribution in [0.1, 0.15) is 25.3 Å². The number of hydrogen-bond donors (Lipinski definition) is 1. The lowest BCUT2D eigenvalue weighted by Gasteiger charge is -2.10. The molecule has 0 saturated heterocycles. The van der Waals surface area contributed by atoms with Crippen LogP contribution in [0.4, 0.5) is 5.69 Å². The van der Waals surface area contributed by atoms with Gasteiger partial charge in [0.1, 0.15) is 0 Å². The van der Waals surface area contributed by atoms with Gasteiger partial charge < -0.3 is 5.73 Å². The summed E-state index contributed by atoms with van der Waals surface area (Å²) in [6, 6.07) is 6.67. The van der Waals surface area contributed by atoms with E-state index < -0.39 is 0 Å². The molecule has 1 aromatic carbocycles. The Balaban J connectivity index is 2.31. The van der Waals surface area contributed by atoms with Crippen LogP contribution in [0.5, 0.6) is 0 Å². The summed E-state index contributed by atoms with van der Waals surface area (Å²) in [5, 5.41) is 10.6. The van der Waals surface area contributed by atoms with E-state index in [4.69, 9.17) is 5.73 Å². The van der Waals surface area contributed by atoms with E-state index in [-0.39, 0.29) is 16.1 Å². The molecule has 2 atom stereocenters. The molecule has 1 aromatic rings. The summed E-state index contributed by atoms with van der Waals surface area (Å²) in [4.78, 5) is 10.2. The van der Waals surface area contributed by atoms with E-state index in [0.29, 0.717) is 5.92 Å². The predicted molar refractivity (Wildman–Crippen MR) is 57.4 cm³/mol. The summed E-state index contributed by atoms with van der Waals surface area (Å²) < 4.78 is 0. The lowest BCUT2D eigenvalue weighted by atomic mass is 10.0. The average Bonchev–Trinajstić information content (AvgIpc) is 2.92. The van der Waals surface area contributed by atoms with Gasteiger partial charge in [0, 0.05) is 17.7 Å². The third-order valence-electron chi connectivity index (χ3n) is 3.24. The molecule has 1 saturated carbocycles. The lowest BCUT2D eigenvalue weighted by Crippen LogP contribution is -2.22. The summed E-state index contributed by atoms with van der Waals surface area (Å²) >= 11 is 0. The SMILES string of the molecule is CCC1CC1(N)c1cccc([N+](=O)[O-])c1. The Morgan fingerprint density at radius 3 is 2.93 bits per heavy atom. The van der Waals surface area contributed by atoms with Gasteiger partial charge in [-0.25, -0.2) is 0 Å². The highest BCUT2D eigenvalue weighted by molar-refractivity contribution is 5.41. The number of nitro groups is 1. The van der Waals surface area contributed by atoms with E-state index >= 15 is 0 Å². The Morgan fingerprint density at radius 1 is 1.67 bits per heavy atom. The molecule has 4 heteroatoms. The number of nitro benzene ring substituents is 1. The Kier molecular flexibility index (Phi) is 2.23. The van der Waals surface area contributed by atoms with Crippen LogP contribution in [0.25, 0.3) is 0 Å². The van der Waals surface area contributed by atoms with Crippen molar-refractivity contribution < 1.29 is 4.92 Å². The molecule has 0 heterocycles. The largest absolute Gasteiger partial charge is 0.321 e. The predicted octanol–water partition coefficient (Wildman–Crippen LogP) is 2.18. The topological polar surface area (TPSA) is 69.2 Å². The van der Waals surface area contributed by atoms with Crippen molar-refractivity contribution in [3.8, 4) is 0 Å². The maximum Gasteiger partial charge on any atom is 0.269 e. The first-order valence-corrected chi connectivity index (χ1v) is 5.11. The first-order chi connectivity index (χ1) is 7.08. The minimum Gasteiger partial charge on any atom is -0.321 e. The quantitative estimate of drug-likeness (QED) is 0.608. The van der Waals surface area contributed by atoms with Crippen LogP contribution in [-0.4, -0.2) is 4.92 Å². The minimum atomic E-state index is -0.379. The fourth-order valence-electron chi connectivity index (χ4n) is 2.12. The van der Waals surface area contributed by atoms with Gasteiger partial charge in [-0.05, 0) is 17.9 Å². The second kappa shape index (κ2) is 3.31. The van der Waals surface area contributed by atoms with Gasteiger partial charge in [0.25, 0.3) is 5.69 Å². The molecule has 2 N–H and O–H groups in total. The Morgan fingerprint density at radius 2 is 2.40 bits per heavy atom. The van der Waals surface area contributed by atoms with E-state index in [2.05, 4.69) is 6.92 Å². The zero-order chi connectivity index (χ0) is 11.1. The zero-order valence-corrected chi connectivity index (χ0v) is 8.64. The molecule has 2 unspecified atom stereocenters. The summed E-state index contributed by atoms with van der Waals surface area (Å²) in [7, 11) is 0. The number of rotatable bonds is 3. The number of benzene rings is 1. The number of hydrogen-bond acceptors (Lipinski definition) is 3. The third-order valence-corrected chi connectivity index (χ3v) is 3.24. The molecule has 1 aliphatic rings. The van der Waals surface area contributed by atoms with Gasteiger partial charge >= 0.3 is 0 Å². The van der Waals surface area contributed by atoms with Crippen LogP contribution < -0.4 is 5.73 Å². The number of non-ortho nitro benzene ring substituents is 1. The van der Waals surface area contributed by atoms with Gasteiger partial charge in [0.2, 0.25) is 0 Å². The molecule has 2 rings (SSSR count). The van der Waals surface area contributed by atoms with Crippen molar-refractivity contribution in [3.05, 3.63) is 39.9 Å². The Bertz CT molecular complexity index is 405. The molecule has 1 aliphatic carbocycles. The highest BCUT2D eigenvalue weighted by Crippen LogP contribution is 2.51. The molecule has 0 aromatic heterocycles. The standard InChI is InChI=1S/C11H14N2O2/c1-2-8-7-11(8,12)9-4-3-5-10(6-9)13(14)15/h3-6,8H,2,7,12H2,1H3. The van der Waals surface area contributed by atoms with Crippen molar-refractivity contribution in [3.63, 3.8) is 0 Å². The molecular formula is C11H14N2O2. The molecule has 0 radical (unpaired) electrons. The summed E-state index contributed by atoms with van der Waals surface area (Å²) in [5.41, 5.74) is 6.87. The van der Waals surface area contributed by atoms with Gasteiger partial charge in [0.15, 0.2) is 0 Å². The molecule has 0 bridgehead atoms. The van der Waals surface area contributed by atoms with Crippen molar-refractivity contribution in [2.45, 2.75) is 25.3 Å². The van der Waals surface area contributed by atoms with Crippen molar-refractivity contribution >= 4 is 5.69 Å². The van der Waals surface area contributed by atoms with Gasteiger partial charge in [-0.3, -0.25) is 10.1 Å². The first-order valence-electron chi connectivity index (χ1n) is 5.11. The van der Waals surface area contributed by atoms with Crippen molar-refractivity contribution in [1.29, 1.82) is 0 Å². The van der Waals surface area contributed by atoms with E-state index in [1.807, 2.05) is 6.07 Å². The van der Waals surface area contributed by atoms with Gasteiger partial charge in [0.05, 0.1) is 4.92 Å². The van der Waals surface area contributed by atoms with Crippen LogP contribution in [0.3, 0.4) is 0 Å². The lowest BCUT2D eigenvalue weighted by molar-refractivity contribution is -0.384. The number of nitrogens with two attached hydrogens (primary N) is 1. The van der Waals surface area contributed by atoms with Gasteiger partial charge in [-0.1, -0.05) is 25.5 Å². The summed E-state index contributed by atoms with van der Waals surface area (Å²) in [6.07, 6.45) is 1.96. The van der Waals surface area contributed by atoms with Crippen LogP contribution in [0.2, 0.25) is 0 Å². The fourth-order valence-corrected chi connectivity index (χ4v) is 2.12.